The number of rotatable bonds is 6. The van der Waals surface area contributed by atoms with Gasteiger partial charge in [0.05, 0.1) is 15.7 Å². The molecule has 0 heterocycles. The van der Waals surface area contributed by atoms with Crippen molar-refractivity contribution in [1.82, 2.24) is 5.32 Å². The molecule has 0 unspecified atom stereocenters. The van der Waals surface area contributed by atoms with Gasteiger partial charge in [-0.15, -0.1) is 0 Å². The summed E-state index contributed by atoms with van der Waals surface area (Å²) in [5.41, 5.74) is 5.76. The second-order valence-corrected chi connectivity index (χ2v) is 9.70. The molecule has 0 aliphatic rings. The maximum atomic E-state index is 12.7. The molecule has 3 N–H and O–H groups in total. The van der Waals surface area contributed by atoms with E-state index < -0.39 is 20.6 Å². The predicted octanol–water partition coefficient (Wildman–Crippen LogP) is 2.10. The fourth-order valence-electron chi connectivity index (χ4n) is 1.75. The van der Waals surface area contributed by atoms with Gasteiger partial charge in [0.15, 0.2) is 9.84 Å². The van der Waals surface area contributed by atoms with Crippen molar-refractivity contribution >= 4 is 31.7 Å². The molecule has 1 aromatic rings. The zero-order valence-corrected chi connectivity index (χ0v) is 15.7. The molecule has 0 aliphatic carbocycles. The number of sulfone groups is 1. The van der Waals surface area contributed by atoms with Gasteiger partial charge < -0.3 is 11.1 Å². The molecule has 5 nitrogen and oxygen atoms in total. The summed E-state index contributed by atoms with van der Waals surface area (Å²) in [6.07, 6.45) is 0. The van der Waals surface area contributed by atoms with E-state index in [4.69, 9.17) is 5.73 Å². The van der Waals surface area contributed by atoms with Crippen molar-refractivity contribution in [2.45, 2.75) is 43.4 Å². The Bertz CT molecular complexity index is 625. The van der Waals surface area contributed by atoms with E-state index in [0.29, 0.717) is 0 Å². The minimum atomic E-state index is -3.57. The van der Waals surface area contributed by atoms with E-state index in [9.17, 15) is 13.2 Å². The van der Waals surface area contributed by atoms with Crippen LogP contribution in [-0.2, 0) is 14.6 Å². The largest absolute Gasteiger partial charge is 0.353 e. The summed E-state index contributed by atoms with van der Waals surface area (Å²) in [6, 6.07) is 5.80. The Morgan fingerprint density at radius 2 is 1.77 bits per heavy atom. The number of carbonyl (C=O) groups excluding carboxylic acids is 1. The number of halogens is 1. The Labute approximate surface area is 140 Å². The Kier molecular flexibility index (Phi) is 6.18. The highest BCUT2D eigenvalue weighted by Crippen LogP contribution is 2.26. The second kappa shape index (κ2) is 7.10. The van der Waals surface area contributed by atoms with Crippen LogP contribution in [0.2, 0.25) is 0 Å². The molecule has 124 valence electrons. The number of carbonyl (C=O) groups is 1. The van der Waals surface area contributed by atoms with Crippen LogP contribution in [0.15, 0.2) is 33.6 Å². The minimum Gasteiger partial charge on any atom is -0.353 e. The molecular weight excluding hydrogens is 368 g/mol. The van der Waals surface area contributed by atoms with E-state index in [0.717, 1.165) is 4.47 Å². The van der Waals surface area contributed by atoms with Gasteiger partial charge in [0.25, 0.3) is 0 Å². The lowest BCUT2D eigenvalue weighted by molar-refractivity contribution is -0.123. The third-order valence-corrected chi connectivity index (χ3v) is 6.58. The van der Waals surface area contributed by atoms with Crippen molar-refractivity contribution in [2.24, 2.45) is 11.7 Å². The lowest BCUT2D eigenvalue weighted by Crippen LogP contribution is -2.50. The zero-order chi connectivity index (χ0) is 17.1. The summed E-state index contributed by atoms with van der Waals surface area (Å²) < 4.78 is 25.0. The van der Waals surface area contributed by atoms with Gasteiger partial charge in [-0.2, -0.15) is 0 Å². The average Bonchev–Trinajstić information content (AvgIpc) is 2.44. The topological polar surface area (TPSA) is 89.3 Å². The van der Waals surface area contributed by atoms with E-state index in [1.165, 1.54) is 0 Å². The summed E-state index contributed by atoms with van der Waals surface area (Å²) in [6.45, 7) is 6.86. The van der Waals surface area contributed by atoms with Gasteiger partial charge in [-0.3, -0.25) is 4.79 Å². The molecule has 7 heteroatoms. The van der Waals surface area contributed by atoms with Crippen molar-refractivity contribution in [3.05, 3.63) is 28.7 Å². The smallest absolute Gasteiger partial charge is 0.237 e. The first-order valence-corrected chi connectivity index (χ1v) is 9.30. The maximum Gasteiger partial charge on any atom is 0.237 e. The van der Waals surface area contributed by atoms with Crippen LogP contribution in [0.3, 0.4) is 0 Å². The second-order valence-electron chi connectivity index (χ2n) is 6.20. The van der Waals surface area contributed by atoms with E-state index in [1.54, 1.807) is 38.1 Å². The molecule has 0 saturated carbocycles. The molecule has 1 amide bonds. The number of nitrogens with two attached hydrogens (primary N) is 1. The number of amides is 1. The van der Waals surface area contributed by atoms with Crippen molar-refractivity contribution in [1.29, 1.82) is 0 Å². The van der Waals surface area contributed by atoms with Crippen LogP contribution in [0.25, 0.3) is 0 Å². The molecule has 0 fully saturated rings. The van der Waals surface area contributed by atoms with Gasteiger partial charge in [-0.1, -0.05) is 29.8 Å². The van der Waals surface area contributed by atoms with Crippen LogP contribution in [-0.4, -0.2) is 31.7 Å². The molecule has 0 radical (unpaired) electrons. The van der Waals surface area contributed by atoms with Crippen LogP contribution in [0, 0.1) is 5.92 Å². The average molecular weight is 391 g/mol. The highest BCUT2D eigenvalue weighted by atomic mass is 79.9. The molecule has 0 spiro atoms. The van der Waals surface area contributed by atoms with Crippen molar-refractivity contribution < 1.29 is 13.2 Å². The molecule has 0 aliphatic heterocycles. The first-order chi connectivity index (χ1) is 9.99. The van der Waals surface area contributed by atoms with Crippen molar-refractivity contribution in [3.8, 4) is 0 Å². The summed E-state index contributed by atoms with van der Waals surface area (Å²) in [5.74, 6) is -0.347. The first-order valence-electron chi connectivity index (χ1n) is 7.02. The Morgan fingerprint density at radius 3 is 2.23 bits per heavy atom. The highest BCUT2D eigenvalue weighted by Gasteiger charge is 2.36. The van der Waals surface area contributed by atoms with Crippen LogP contribution in [0.5, 0.6) is 0 Å². The first kappa shape index (κ1) is 19.1. The summed E-state index contributed by atoms with van der Waals surface area (Å²) >= 11 is 3.28. The Balaban J connectivity index is 2.89. The van der Waals surface area contributed by atoms with Crippen LogP contribution in [0.1, 0.15) is 27.7 Å². The zero-order valence-electron chi connectivity index (χ0n) is 13.3. The fourth-order valence-corrected chi connectivity index (χ4v) is 3.41. The lowest BCUT2D eigenvalue weighted by Gasteiger charge is -2.26. The summed E-state index contributed by atoms with van der Waals surface area (Å²) in [4.78, 5) is 12.1. The van der Waals surface area contributed by atoms with E-state index >= 15 is 0 Å². The van der Waals surface area contributed by atoms with Gasteiger partial charge in [-0.05, 0) is 44.0 Å². The van der Waals surface area contributed by atoms with Gasteiger partial charge >= 0.3 is 0 Å². The van der Waals surface area contributed by atoms with E-state index in [1.807, 2.05) is 13.8 Å². The summed E-state index contributed by atoms with van der Waals surface area (Å²) in [5, 5.41) is 2.64. The van der Waals surface area contributed by atoms with Crippen LogP contribution in [0.4, 0.5) is 0 Å². The normalized spacial score (nSPS) is 14.0. The number of hydrogen-bond donors (Lipinski definition) is 2. The highest BCUT2D eigenvalue weighted by molar-refractivity contribution is 9.10. The third-order valence-electron chi connectivity index (χ3n) is 3.56. The van der Waals surface area contributed by atoms with Gasteiger partial charge in [0.2, 0.25) is 5.91 Å². The monoisotopic (exact) mass is 390 g/mol. The predicted molar refractivity (Wildman–Crippen MR) is 91.2 cm³/mol. The van der Waals surface area contributed by atoms with E-state index in [2.05, 4.69) is 21.2 Å². The molecule has 1 aromatic carbocycles. The minimum absolute atomic E-state index is 0.00461. The standard InChI is InChI=1S/C15H23BrN2O3S/c1-10(2)13(17)14(19)18-9-15(3,4)22(20,21)12-7-5-11(16)6-8-12/h5-8,10,13H,9,17H2,1-4H3,(H,18,19)/t13-/m0/s1. The molecule has 0 bridgehead atoms. The molecule has 1 rings (SSSR count). The van der Waals surface area contributed by atoms with Crippen molar-refractivity contribution in [3.63, 3.8) is 0 Å². The number of hydrogen-bond acceptors (Lipinski definition) is 4. The van der Waals surface area contributed by atoms with Gasteiger partial charge in [-0.25, -0.2) is 8.42 Å². The van der Waals surface area contributed by atoms with Crippen LogP contribution >= 0.6 is 15.9 Å². The fraction of sp³-hybridized carbons (Fsp3) is 0.533. The Hall–Kier alpha value is -0.920. The number of nitrogens with one attached hydrogen (secondary N) is 1. The summed E-state index contributed by atoms with van der Waals surface area (Å²) in [7, 11) is -3.57. The number of benzene rings is 1. The SMILES string of the molecule is CC(C)[C@H](N)C(=O)NCC(C)(C)S(=O)(=O)c1ccc(Br)cc1. The van der Waals surface area contributed by atoms with E-state index in [-0.39, 0.29) is 23.3 Å². The maximum absolute atomic E-state index is 12.7. The quantitative estimate of drug-likeness (QED) is 0.777. The lowest BCUT2D eigenvalue weighted by atomic mass is 10.0. The molecule has 0 aromatic heterocycles. The van der Waals surface area contributed by atoms with Crippen molar-refractivity contribution in [2.75, 3.05) is 6.54 Å². The molecule has 22 heavy (non-hydrogen) atoms. The van der Waals surface area contributed by atoms with Crippen LogP contribution < -0.4 is 11.1 Å². The third kappa shape index (κ3) is 4.30. The Morgan fingerprint density at radius 1 is 1.27 bits per heavy atom. The molecule has 1 atom stereocenters. The van der Waals surface area contributed by atoms with Gasteiger partial charge in [0.1, 0.15) is 0 Å². The van der Waals surface area contributed by atoms with Gasteiger partial charge in [0, 0.05) is 11.0 Å². The molecule has 0 saturated heterocycles. The molecular formula is C15H23BrN2O3S.